The highest BCUT2D eigenvalue weighted by Crippen LogP contribution is 2.46. The van der Waals surface area contributed by atoms with Gasteiger partial charge in [-0.2, -0.15) is 0 Å². The van der Waals surface area contributed by atoms with Gasteiger partial charge in [0.1, 0.15) is 0 Å². The van der Waals surface area contributed by atoms with E-state index in [1.807, 2.05) is 22.7 Å². The van der Waals surface area contributed by atoms with Crippen molar-refractivity contribution >= 4 is 97.1 Å². The second-order valence-corrected chi connectivity index (χ2v) is 20.0. The predicted octanol–water partition coefficient (Wildman–Crippen LogP) is 19.6. The van der Waals surface area contributed by atoms with Crippen molar-refractivity contribution in [2.24, 2.45) is 0 Å². The standard InChI is InChI=1S/C64H48N2S2/c1-41-15-5-9-23-57(41)65(49-33-27-45(28-34-49)51-19-13-21-55-53-17-7-11-25-61(53)67-63(51)55)59-37-31-47(39-43(59)3)48-32-38-60(44(4)40-48)66(58-24-10-6-16-42(58)2)50-35-29-46(30-36-50)52-20-14-22-56-54-18-8-12-26-62(54)68-64(52)56/h5-40H,1-4H3. The van der Waals surface area contributed by atoms with Crippen LogP contribution in [-0.2, 0) is 0 Å². The van der Waals surface area contributed by atoms with Gasteiger partial charge >= 0.3 is 0 Å². The molecular formula is C64H48N2S2. The van der Waals surface area contributed by atoms with Gasteiger partial charge in [-0.3, -0.25) is 0 Å². The maximum Gasteiger partial charge on any atom is 0.0491 e. The first-order valence-electron chi connectivity index (χ1n) is 23.3. The second kappa shape index (κ2) is 17.2. The number of anilines is 6. The Kier molecular flexibility index (Phi) is 10.5. The van der Waals surface area contributed by atoms with Crippen molar-refractivity contribution in [3.05, 3.63) is 241 Å². The molecule has 68 heavy (non-hydrogen) atoms. The van der Waals surface area contributed by atoms with E-state index in [1.165, 1.54) is 107 Å². The number of hydrogen-bond donors (Lipinski definition) is 0. The quantitative estimate of drug-likeness (QED) is 0.142. The van der Waals surface area contributed by atoms with Crippen molar-refractivity contribution in [1.29, 1.82) is 0 Å². The fraction of sp³-hybridized carbons (Fsp3) is 0.0625. The van der Waals surface area contributed by atoms with E-state index in [4.69, 9.17) is 0 Å². The summed E-state index contributed by atoms with van der Waals surface area (Å²) in [7, 11) is 0. The summed E-state index contributed by atoms with van der Waals surface area (Å²) in [6.45, 7) is 8.89. The fourth-order valence-electron chi connectivity index (χ4n) is 10.1. The molecule has 2 heterocycles. The van der Waals surface area contributed by atoms with E-state index in [2.05, 4.69) is 256 Å². The molecule has 2 aromatic heterocycles. The smallest absolute Gasteiger partial charge is 0.0491 e. The van der Waals surface area contributed by atoms with Crippen LogP contribution in [0.3, 0.4) is 0 Å². The summed E-state index contributed by atoms with van der Waals surface area (Å²) >= 11 is 3.76. The number of nitrogens with zero attached hydrogens (tertiary/aromatic N) is 2. The van der Waals surface area contributed by atoms with Crippen LogP contribution in [0.4, 0.5) is 34.1 Å². The molecule has 0 fully saturated rings. The van der Waals surface area contributed by atoms with Crippen molar-refractivity contribution in [1.82, 2.24) is 0 Å². The van der Waals surface area contributed by atoms with Crippen molar-refractivity contribution in [2.75, 3.05) is 9.80 Å². The molecule has 12 rings (SSSR count). The van der Waals surface area contributed by atoms with Crippen LogP contribution >= 0.6 is 22.7 Å². The Morgan fingerprint density at radius 3 is 1.04 bits per heavy atom. The number of fused-ring (bicyclic) bond motifs is 6. The number of hydrogen-bond acceptors (Lipinski definition) is 4. The van der Waals surface area contributed by atoms with E-state index in [-0.39, 0.29) is 0 Å². The summed E-state index contributed by atoms with van der Waals surface area (Å²) in [4.78, 5) is 4.84. The highest BCUT2D eigenvalue weighted by Gasteiger charge is 2.21. The van der Waals surface area contributed by atoms with Crippen molar-refractivity contribution in [2.45, 2.75) is 27.7 Å². The number of para-hydroxylation sites is 2. The van der Waals surface area contributed by atoms with E-state index >= 15 is 0 Å². The van der Waals surface area contributed by atoms with E-state index in [0.717, 1.165) is 22.7 Å². The van der Waals surface area contributed by atoms with Gasteiger partial charge in [-0.25, -0.2) is 0 Å². The summed E-state index contributed by atoms with van der Waals surface area (Å²) in [5, 5.41) is 5.29. The maximum atomic E-state index is 2.42. The van der Waals surface area contributed by atoms with Gasteiger partial charge in [-0.15, -0.1) is 22.7 Å². The minimum absolute atomic E-state index is 1.13. The van der Waals surface area contributed by atoms with Gasteiger partial charge < -0.3 is 9.80 Å². The second-order valence-electron chi connectivity index (χ2n) is 17.9. The first-order chi connectivity index (χ1) is 33.4. The molecule has 12 aromatic rings. The van der Waals surface area contributed by atoms with Crippen LogP contribution in [0.25, 0.3) is 73.7 Å². The molecule has 0 aliphatic heterocycles. The topological polar surface area (TPSA) is 6.48 Å². The monoisotopic (exact) mass is 908 g/mol. The van der Waals surface area contributed by atoms with Gasteiger partial charge in [-0.1, -0.05) is 146 Å². The van der Waals surface area contributed by atoms with E-state index in [1.54, 1.807) is 0 Å². The van der Waals surface area contributed by atoms with Crippen molar-refractivity contribution < 1.29 is 0 Å². The Morgan fingerprint density at radius 1 is 0.279 bits per heavy atom. The molecule has 0 unspecified atom stereocenters. The lowest BCUT2D eigenvalue weighted by Gasteiger charge is -2.29. The first-order valence-corrected chi connectivity index (χ1v) is 25.0. The molecule has 2 nitrogen and oxygen atoms in total. The Balaban J connectivity index is 0.879. The van der Waals surface area contributed by atoms with Crippen LogP contribution in [0.1, 0.15) is 22.3 Å². The Bertz CT molecular complexity index is 3600. The molecule has 0 N–H and O–H groups in total. The molecule has 0 saturated carbocycles. The SMILES string of the molecule is Cc1ccccc1N(c1ccc(-c2cccc3c2sc2ccccc23)cc1)c1ccc(-c2ccc(N(c3ccc(-c4cccc5c4sc4ccccc45)cc3)c3ccccc3C)c(C)c2)cc1C. The molecular weight excluding hydrogens is 861 g/mol. The lowest BCUT2D eigenvalue weighted by atomic mass is 9.97. The maximum absolute atomic E-state index is 2.42. The third kappa shape index (κ3) is 7.25. The summed E-state index contributed by atoms with van der Waals surface area (Å²) in [6, 6.07) is 80.4. The van der Waals surface area contributed by atoms with Crippen LogP contribution < -0.4 is 9.80 Å². The van der Waals surface area contributed by atoms with Crippen LogP contribution in [0.2, 0.25) is 0 Å². The zero-order valence-corrected chi connectivity index (χ0v) is 40.1. The summed E-state index contributed by atoms with van der Waals surface area (Å²) in [5.41, 5.74) is 19.2. The molecule has 0 aliphatic carbocycles. The molecule has 10 aromatic carbocycles. The molecule has 0 aliphatic rings. The highest BCUT2D eigenvalue weighted by atomic mass is 32.1. The normalized spacial score (nSPS) is 11.5. The van der Waals surface area contributed by atoms with Crippen LogP contribution in [0, 0.1) is 27.7 Å². The highest BCUT2D eigenvalue weighted by molar-refractivity contribution is 7.26. The van der Waals surface area contributed by atoms with Crippen LogP contribution in [-0.4, -0.2) is 0 Å². The van der Waals surface area contributed by atoms with Crippen molar-refractivity contribution in [3.63, 3.8) is 0 Å². The van der Waals surface area contributed by atoms with E-state index in [9.17, 15) is 0 Å². The molecule has 0 atom stereocenters. The Morgan fingerprint density at radius 2 is 0.632 bits per heavy atom. The van der Waals surface area contributed by atoms with Crippen LogP contribution in [0.15, 0.2) is 218 Å². The molecule has 0 spiro atoms. The third-order valence-electron chi connectivity index (χ3n) is 13.6. The zero-order chi connectivity index (χ0) is 45.9. The third-order valence-corrected chi connectivity index (χ3v) is 16.0. The number of benzene rings is 10. The summed E-state index contributed by atoms with van der Waals surface area (Å²) < 4.78 is 5.32. The van der Waals surface area contributed by atoms with Gasteiger partial charge in [0.15, 0.2) is 0 Å². The van der Waals surface area contributed by atoms with Gasteiger partial charge in [0, 0.05) is 74.5 Å². The van der Waals surface area contributed by atoms with Crippen molar-refractivity contribution in [3.8, 4) is 33.4 Å². The first kappa shape index (κ1) is 41.7. The molecule has 326 valence electrons. The molecule has 4 heteroatoms. The van der Waals surface area contributed by atoms with Gasteiger partial charge in [0.25, 0.3) is 0 Å². The zero-order valence-electron chi connectivity index (χ0n) is 38.5. The lowest BCUT2D eigenvalue weighted by molar-refractivity contribution is 1.22. The molecule has 0 bridgehead atoms. The minimum atomic E-state index is 1.13. The van der Waals surface area contributed by atoms with E-state index in [0.29, 0.717) is 0 Å². The number of aryl methyl sites for hydroxylation is 4. The number of thiophene rings is 2. The van der Waals surface area contributed by atoms with Gasteiger partial charge in [0.2, 0.25) is 0 Å². The lowest BCUT2D eigenvalue weighted by Crippen LogP contribution is -2.13. The van der Waals surface area contributed by atoms with Crippen LogP contribution in [0.5, 0.6) is 0 Å². The fourth-order valence-corrected chi connectivity index (χ4v) is 12.6. The summed E-state index contributed by atoms with van der Waals surface area (Å²) in [5.74, 6) is 0. The molecule has 0 amide bonds. The number of rotatable bonds is 9. The average molecular weight is 909 g/mol. The summed E-state index contributed by atoms with van der Waals surface area (Å²) in [6.07, 6.45) is 0. The Hall–Kier alpha value is -7.76. The Labute approximate surface area is 406 Å². The van der Waals surface area contributed by atoms with E-state index < -0.39 is 0 Å². The average Bonchev–Trinajstić information content (AvgIpc) is 3.96. The molecule has 0 saturated heterocycles. The predicted molar refractivity (Wildman–Crippen MR) is 297 cm³/mol. The van der Waals surface area contributed by atoms with Gasteiger partial charge in [0.05, 0.1) is 0 Å². The largest absolute Gasteiger partial charge is 0.310 e. The minimum Gasteiger partial charge on any atom is -0.310 e. The molecule has 0 radical (unpaired) electrons. The van der Waals surface area contributed by atoms with Gasteiger partial charge in [-0.05, 0) is 156 Å².